The van der Waals surface area contributed by atoms with Gasteiger partial charge in [0.05, 0.1) is 32.1 Å². The first-order chi connectivity index (χ1) is 11.3. The van der Waals surface area contributed by atoms with Crippen LogP contribution in [-0.4, -0.2) is 16.6 Å². The van der Waals surface area contributed by atoms with Gasteiger partial charge in [-0.05, 0) is 37.6 Å². The van der Waals surface area contributed by atoms with Gasteiger partial charge < -0.3 is 5.32 Å². The number of nitriles is 1. The number of rotatable bonds is 4. The van der Waals surface area contributed by atoms with Gasteiger partial charge in [0.2, 0.25) is 5.91 Å². The largest absolute Gasteiger partial charge is 0.324 e. The lowest BCUT2D eigenvalue weighted by molar-refractivity contribution is -0.113. The molecule has 0 unspecified atom stereocenters. The molecule has 0 saturated heterocycles. The molecule has 2 aromatic rings. The Hall–Kier alpha value is -1.45. The van der Waals surface area contributed by atoms with Crippen molar-refractivity contribution in [2.24, 2.45) is 0 Å². The van der Waals surface area contributed by atoms with Gasteiger partial charge in [-0.3, -0.25) is 4.79 Å². The molecule has 4 nitrogen and oxygen atoms in total. The van der Waals surface area contributed by atoms with Crippen molar-refractivity contribution in [2.45, 2.75) is 18.9 Å². The normalized spacial score (nSPS) is 10.3. The zero-order chi connectivity index (χ0) is 17.9. The molecule has 0 aliphatic rings. The number of carbonyl (C=O) groups is 1. The Labute approximate surface area is 159 Å². The summed E-state index contributed by atoms with van der Waals surface area (Å²) in [7, 11) is 0. The van der Waals surface area contributed by atoms with E-state index in [1.54, 1.807) is 0 Å². The monoisotopic (exact) mass is 399 g/mol. The van der Waals surface area contributed by atoms with Crippen LogP contribution >= 0.6 is 46.6 Å². The molecule has 1 aromatic carbocycles. The fourth-order valence-electron chi connectivity index (χ4n) is 1.98. The predicted molar refractivity (Wildman–Crippen MR) is 99.3 cm³/mol. The van der Waals surface area contributed by atoms with E-state index in [2.05, 4.69) is 16.4 Å². The smallest absolute Gasteiger partial charge is 0.234 e. The zero-order valence-corrected chi connectivity index (χ0v) is 15.9. The average Bonchev–Trinajstić information content (AvgIpc) is 2.50. The summed E-state index contributed by atoms with van der Waals surface area (Å²) in [4.78, 5) is 16.4. The molecule has 0 spiro atoms. The van der Waals surface area contributed by atoms with Gasteiger partial charge >= 0.3 is 0 Å². The van der Waals surface area contributed by atoms with E-state index >= 15 is 0 Å². The minimum Gasteiger partial charge on any atom is -0.324 e. The zero-order valence-electron chi connectivity index (χ0n) is 12.8. The molecule has 1 heterocycles. The first kappa shape index (κ1) is 18.9. The van der Waals surface area contributed by atoms with E-state index in [-0.39, 0.29) is 11.7 Å². The molecule has 0 atom stereocenters. The number of hydrogen-bond acceptors (Lipinski definition) is 4. The Morgan fingerprint density at radius 3 is 2.54 bits per heavy atom. The second-order valence-electron chi connectivity index (χ2n) is 4.96. The number of nitrogens with one attached hydrogen (secondary N) is 1. The van der Waals surface area contributed by atoms with Crippen LogP contribution in [0.15, 0.2) is 23.2 Å². The molecule has 0 saturated carbocycles. The summed E-state index contributed by atoms with van der Waals surface area (Å²) in [5, 5.41) is 13.3. The standard InChI is InChI=1S/C16H12Cl3N3OS/c1-8-3-9(2)21-16(10(8)6-20)24-7-15(23)22-14-5-12(18)11(17)4-13(14)19/h3-5H,7H2,1-2H3,(H,22,23). The molecule has 1 N–H and O–H groups in total. The van der Waals surface area contributed by atoms with E-state index in [0.29, 0.717) is 31.3 Å². The van der Waals surface area contributed by atoms with Crippen LogP contribution in [0.3, 0.4) is 0 Å². The Balaban J connectivity index is 2.10. The summed E-state index contributed by atoms with van der Waals surface area (Å²) < 4.78 is 0. The van der Waals surface area contributed by atoms with E-state index in [1.165, 1.54) is 23.9 Å². The lowest BCUT2D eigenvalue weighted by Gasteiger charge is -2.10. The molecule has 0 aliphatic carbocycles. The maximum atomic E-state index is 12.1. The van der Waals surface area contributed by atoms with Crippen LogP contribution in [0, 0.1) is 25.2 Å². The number of hydrogen-bond donors (Lipinski definition) is 1. The molecular formula is C16H12Cl3N3OS. The molecule has 0 fully saturated rings. The van der Waals surface area contributed by atoms with Crippen LogP contribution in [0.1, 0.15) is 16.8 Å². The van der Waals surface area contributed by atoms with E-state index < -0.39 is 0 Å². The third-order valence-electron chi connectivity index (χ3n) is 3.05. The maximum absolute atomic E-state index is 12.1. The molecule has 124 valence electrons. The molecule has 24 heavy (non-hydrogen) atoms. The molecule has 0 radical (unpaired) electrons. The van der Waals surface area contributed by atoms with Crippen molar-refractivity contribution >= 4 is 58.2 Å². The van der Waals surface area contributed by atoms with E-state index in [9.17, 15) is 10.1 Å². The number of anilines is 1. The van der Waals surface area contributed by atoms with Gasteiger partial charge in [0.25, 0.3) is 0 Å². The van der Waals surface area contributed by atoms with Gasteiger partial charge in [0.1, 0.15) is 11.1 Å². The van der Waals surface area contributed by atoms with Crippen LogP contribution < -0.4 is 5.32 Å². The second-order valence-corrected chi connectivity index (χ2v) is 7.14. The van der Waals surface area contributed by atoms with Gasteiger partial charge in [-0.1, -0.05) is 46.6 Å². The van der Waals surface area contributed by atoms with Crippen molar-refractivity contribution in [2.75, 3.05) is 11.1 Å². The van der Waals surface area contributed by atoms with E-state index in [4.69, 9.17) is 34.8 Å². The van der Waals surface area contributed by atoms with Crippen molar-refractivity contribution in [3.8, 4) is 6.07 Å². The molecule has 1 aromatic heterocycles. The summed E-state index contributed by atoms with van der Waals surface area (Å²) in [6.07, 6.45) is 0. The van der Waals surface area contributed by atoms with Crippen LogP contribution in [0.5, 0.6) is 0 Å². The summed E-state index contributed by atoms with van der Waals surface area (Å²) >= 11 is 19.0. The van der Waals surface area contributed by atoms with Crippen LogP contribution in [0.25, 0.3) is 0 Å². The number of halogens is 3. The first-order valence-electron chi connectivity index (χ1n) is 6.77. The Morgan fingerprint density at radius 2 is 1.88 bits per heavy atom. The highest BCUT2D eigenvalue weighted by atomic mass is 35.5. The molecule has 2 rings (SSSR count). The Morgan fingerprint density at radius 1 is 1.21 bits per heavy atom. The highest BCUT2D eigenvalue weighted by molar-refractivity contribution is 8.00. The third-order valence-corrected chi connectivity index (χ3v) is 5.06. The minimum atomic E-state index is -0.287. The highest BCUT2D eigenvalue weighted by Gasteiger charge is 2.13. The van der Waals surface area contributed by atoms with Crippen molar-refractivity contribution in [1.82, 2.24) is 4.98 Å². The maximum Gasteiger partial charge on any atom is 0.234 e. The van der Waals surface area contributed by atoms with Gasteiger partial charge in [0, 0.05) is 5.69 Å². The number of thioether (sulfide) groups is 1. The van der Waals surface area contributed by atoms with Crippen molar-refractivity contribution < 1.29 is 4.79 Å². The highest BCUT2D eigenvalue weighted by Crippen LogP contribution is 2.32. The van der Waals surface area contributed by atoms with Gasteiger partial charge in [0.15, 0.2) is 0 Å². The Bertz CT molecular complexity index is 849. The second kappa shape index (κ2) is 8.09. The number of aryl methyl sites for hydroxylation is 2. The van der Waals surface area contributed by atoms with Crippen molar-refractivity contribution in [3.05, 3.63) is 50.1 Å². The van der Waals surface area contributed by atoms with Gasteiger partial charge in [-0.25, -0.2) is 4.98 Å². The number of carbonyl (C=O) groups excluding carboxylic acids is 1. The van der Waals surface area contributed by atoms with E-state index in [0.717, 1.165) is 11.3 Å². The lowest BCUT2D eigenvalue weighted by atomic mass is 10.1. The molecule has 1 amide bonds. The number of amides is 1. The Kier molecular flexibility index (Phi) is 6.36. The minimum absolute atomic E-state index is 0.0845. The third kappa shape index (κ3) is 4.55. The van der Waals surface area contributed by atoms with Crippen LogP contribution in [-0.2, 0) is 4.79 Å². The summed E-state index contributed by atoms with van der Waals surface area (Å²) in [6, 6.07) is 6.91. The number of pyridine rings is 1. The topological polar surface area (TPSA) is 65.8 Å². The lowest BCUT2D eigenvalue weighted by Crippen LogP contribution is -2.14. The van der Waals surface area contributed by atoms with Gasteiger partial charge in [-0.2, -0.15) is 5.26 Å². The molecule has 8 heteroatoms. The van der Waals surface area contributed by atoms with Gasteiger partial charge in [-0.15, -0.1) is 0 Å². The van der Waals surface area contributed by atoms with Crippen molar-refractivity contribution in [1.29, 1.82) is 5.26 Å². The number of benzene rings is 1. The SMILES string of the molecule is Cc1cc(C)c(C#N)c(SCC(=O)Nc2cc(Cl)c(Cl)cc2Cl)n1. The van der Waals surface area contributed by atoms with Crippen molar-refractivity contribution in [3.63, 3.8) is 0 Å². The molecule has 0 bridgehead atoms. The fraction of sp³-hybridized carbons (Fsp3) is 0.188. The average molecular weight is 401 g/mol. The number of aromatic nitrogens is 1. The number of nitrogens with zero attached hydrogens (tertiary/aromatic N) is 2. The quantitative estimate of drug-likeness (QED) is 0.561. The van der Waals surface area contributed by atoms with E-state index in [1.807, 2.05) is 19.9 Å². The summed E-state index contributed by atoms with van der Waals surface area (Å²) in [5.74, 6) is -0.202. The summed E-state index contributed by atoms with van der Waals surface area (Å²) in [5.41, 5.74) is 2.49. The predicted octanol–water partition coefficient (Wildman–Crippen LogP) is 5.26. The molecule has 0 aliphatic heterocycles. The fourth-order valence-corrected chi connectivity index (χ4v) is 3.48. The summed E-state index contributed by atoms with van der Waals surface area (Å²) in [6.45, 7) is 3.68. The molecular weight excluding hydrogens is 389 g/mol. The van der Waals surface area contributed by atoms with Crippen LogP contribution in [0.2, 0.25) is 15.1 Å². The van der Waals surface area contributed by atoms with Crippen LogP contribution in [0.4, 0.5) is 5.69 Å². The first-order valence-corrected chi connectivity index (χ1v) is 8.89.